The number of hydrogen-bond donors (Lipinski definition) is 2. The smallest absolute Gasteiger partial charge is 0.251 e. The zero-order chi connectivity index (χ0) is 29.4. The zero-order valence-electron chi connectivity index (χ0n) is 24.9. The van der Waals surface area contributed by atoms with E-state index in [4.69, 9.17) is 9.47 Å². The standard InChI is InChI=1S/C32H45FN4O4/c1-5-36-16-18-37(19-17-36)31(39)28(35-30(38)23-9-11-24(33)12-10-23)8-6-7-15-34-22-32(2)21-27(32)26-14-13-25(40-3)20-29(26)41-4/h9-14,20,27-28,34H,5-8,15-19,21-22H2,1-4H3,(H,35,38)/t27-,28-,32?/m0/s1. The quantitative estimate of drug-likeness (QED) is 0.335. The molecule has 9 heteroatoms. The van der Waals surface area contributed by atoms with E-state index in [0.717, 1.165) is 63.5 Å². The van der Waals surface area contributed by atoms with Crippen molar-refractivity contribution in [3.63, 3.8) is 0 Å². The van der Waals surface area contributed by atoms with E-state index in [1.54, 1.807) is 14.2 Å². The molecular weight excluding hydrogens is 523 g/mol. The van der Waals surface area contributed by atoms with Crippen LogP contribution in [-0.2, 0) is 4.79 Å². The molecule has 2 amide bonds. The van der Waals surface area contributed by atoms with Gasteiger partial charge in [-0.05, 0) is 86.0 Å². The molecule has 2 fully saturated rings. The topological polar surface area (TPSA) is 83.1 Å². The van der Waals surface area contributed by atoms with Crippen LogP contribution in [0.5, 0.6) is 11.5 Å². The molecule has 1 unspecified atom stereocenters. The van der Waals surface area contributed by atoms with Gasteiger partial charge in [-0.2, -0.15) is 0 Å². The number of nitrogens with one attached hydrogen (secondary N) is 2. The molecule has 2 N–H and O–H groups in total. The molecule has 3 atom stereocenters. The van der Waals surface area contributed by atoms with Crippen LogP contribution in [0.2, 0.25) is 0 Å². The van der Waals surface area contributed by atoms with Crippen LogP contribution in [0.4, 0.5) is 4.39 Å². The van der Waals surface area contributed by atoms with Gasteiger partial charge < -0.3 is 29.9 Å². The fourth-order valence-electron chi connectivity index (χ4n) is 5.77. The number of nitrogens with zero attached hydrogens (tertiary/aromatic N) is 2. The van der Waals surface area contributed by atoms with E-state index < -0.39 is 11.9 Å². The lowest BCUT2D eigenvalue weighted by Gasteiger charge is -2.36. The van der Waals surface area contributed by atoms with Crippen LogP contribution in [-0.4, -0.2) is 87.7 Å². The fourth-order valence-corrected chi connectivity index (χ4v) is 5.77. The lowest BCUT2D eigenvalue weighted by molar-refractivity contribution is -0.135. The second-order valence-corrected chi connectivity index (χ2v) is 11.5. The molecular formula is C32H45FN4O4. The summed E-state index contributed by atoms with van der Waals surface area (Å²) in [6.45, 7) is 10.1. The molecule has 0 spiro atoms. The second-order valence-electron chi connectivity index (χ2n) is 11.5. The summed E-state index contributed by atoms with van der Waals surface area (Å²) in [4.78, 5) is 30.5. The average Bonchev–Trinajstić information content (AvgIpc) is 3.68. The lowest BCUT2D eigenvalue weighted by Crippen LogP contribution is -2.54. The predicted octanol–water partition coefficient (Wildman–Crippen LogP) is 4.06. The molecule has 2 aromatic carbocycles. The first-order valence-electron chi connectivity index (χ1n) is 14.8. The number of halogens is 1. The largest absolute Gasteiger partial charge is 0.497 e. The van der Waals surface area contributed by atoms with Crippen LogP contribution in [0.3, 0.4) is 0 Å². The molecule has 1 aliphatic heterocycles. The fraction of sp³-hybridized carbons (Fsp3) is 0.562. The van der Waals surface area contributed by atoms with Crippen LogP contribution >= 0.6 is 0 Å². The summed E-state index contributed by atoms with van der Waals surface area (Å²) >= 11 is 0. The number of ether oxygens (including phenoxy) is 2. The van der Waals surface area contributed by atoms with Gasteiger partial charge in [0.25, 0.3) is 5.91 Å². The van der Waals surface area contributed by atoms with Gasteiger partial charge in [0.15, 0.2) is 0 Å². The van der Waals surface area contributed by atoms with Gasteiger partial charge in [-0.15, -0.1) is 0 Å². The SMILES string of the molecule is CCN1CCN(C(=O)[C@H](CCCCNCC2(C)C[C@H]2c2ccc(OC)cc2OC)NC(=O)c2ccc(F)cc2)CC1. The molecule has 0 radical (unpaired) electrons. The predicted molar refractivity (Wildman–Crippen MR) is 158 cm³/mol. The van der Waals surface area contributed by atoms with E-state index in [0.29, 0.717) is 31.0 Å². The zero-order valence-corrected chi connectivity index (χ0v) is 24.9. The van der Waals surface area contributed by atoms with Crippen molar-refractivity contribution in [1.29, 1.82) is 0 Å². The Hall–Kier alpha value is -3.17. The van der Waals surface area contributed by atoms with Gasteiger partial charge in [-0.1, -0.05) is 19.9 Å². The van der Waals surface area contributed by atoms with Gasteiger partial charge in [-0.25, -0.2) is 4.39 Å². The Morgan fingerprint density at radius 2 is 1.78 bits per heavy atom. The summed E-state index contributed by atoms with van der Waals surface area (Å²) in [7, 11) is 3.35. The molecule has 224 valence electrons. The third-order valence-electron chi connectivity index (χ3n) is 8.63. The molecule has 0 aromatic heterocycles. The molecule has 2 aliphatic rings. The first-order valence-corrected chi connectivity index (χ1v) is 14.8. The van der Waals surface area contributed by atoms with Crippen molar-refractivity contribution in [3.05, 3.63) is 59.4 Å². The minimum absolute atomic E-state index is 0.0362. The minimum Gasteiger partial charge on any atom is -0.497 e. The van der Waals surface area contributed by atoms with Crippen molar-refractivity contribution >= 4 is 11.8 Å². The number of carbonyl (C=O) groups excluding carboxylic acids is 2. The molecule has 0 bridgehead atoms. The molecule has 2 aromatic rings. The van der Waals surface area contributed by atoms with Crippen LogP contribution in [0.1, 0.15) is 61.4 Å². The van der Waals surface area contributed by atoms with Crippen molar-refractivity contribution < 1.29 is 23.5 Å². The minimum atomic E-state index is -0.603. The summed E-state index contributed by atoms with van der Waals surface area (Å²) in [5, 5.41) is 6.54. The number of rotatable bonds is 14. The Bertz CT molecular complexity index is 1170. The van der Waals surface area contributed by atoms with Gasteiger partial charge in [0.2, 0.25) is 5.91 Å². The van der Waals surface area contributed by atoms with E-state index in [2.05, 4.69) is 35.4 Å². The Morgan fingerprint density at radius 3 is 2.44 bits per heavy atom. The van der Waals surface area contributed by atoms with Gasteiger partial charge in [0.1, 0.15) is 23.4 Å². The van der Waals surface area contributed by atoms with E-state index in [-0.39, 0.29) is 17.2 Å². The van der Waals surface area contributed by atoms with Crippen LogP contribution in [0.25, 0.3) is 0 Å². The van der Waals surface area contributed by atoms with Gasteiger partial charge in [0, 0.05) is 44.4 Å². The number of methoxy groups -OCH3 is 2. The highest BCUT2D eigenvalue weighted by Crippen LogP contribution is 2.60. The molecule has 8 nitrogen and oxygen atoms in total. The van der Waals surface area contributed by atoms with Crippen molar-refractivity contribution in [2.24, 2.45) is 5.41 Å². The van der Waals surface area contributed by atoms with Crippen LogP contribution in [0, 0.1) is 11.2 Å². The first kappa shape index (κ1) is 30.8. The van der Waals surface area contributed by atoms with E-state index in [9.17, 15) is 14.0 Å². The summed E-state index contributed by atoms with van der Waals surface area (Å²) in [5.41, 5.74) is 1.74. The number of piperazine rings is 1. The van der Waals surface area contributed by atoms with Crippen LogP contribution < -0.4 is 20.1 Å². The highest BCUT2D eigenvalue weighted by atomic mass is 19.1. The molecule has 1 saturated heterocycles. The second kappa shape index (κ2) is 14.1. The monoisotopic (exact) mass is 568 g/mol. The van der Waals surface area contributed by atoms with E-state index in [1.807, 2.05) is 17.0 Å². The number of likely N-dealkylation sites (N-methyl/N-ethyl adjacent to an activating group) is 1. The Morgan fingerprint density at radius 1 is 1.05 bits per heavy atom. The van der Waals surface area contributed by atoms with Crippen LogP contribution in [0.15, 0.2) is 42.5 Å². The summed E-state index contributed by atoms with van der Waals surface area (Å²) in [5.74, 6) is 1.31. The average molecular weight is 569 g/mol. The van der Waals surface area contributed by atoms with E-state index in [1.165, 1.54) is 29.8 Å². The Balaban J connectivity index is 1.26. The first-order chi connectivity index (χ1) is 19.8. The van der Waals surface area contributed by atoms with Crippen molar-refractivity contribution in [1.82, 2.24) is 20.4 Å². The number of benzene rings is 2. The van der Waals surface area contributed by atoms with Gasteiger partial charge >= 0.3 is 0 Å². The number of amides is 2. The molecule has 41 heavy (non-hydrogen) atoms. The van der Waals surface area contributed by atoms with Crippen molar-refractivity contribution in [2.45, 2.75) is 51.5 Å². The maximum Gasteiger partial charge on any atom is 0.251 e. The third kappa shape index (κ3) is 7.98. The Kier molecular flexibility index (Phi) is 10.6. The highest BCUT2D eigenvalue weighted by Gasteiger charge is 2.51. The number of carbonyl (C=O) groups is 2. The third-order valence-corrected chi connectivity index (χ3v) is 8.63. The van der Waals surface area contributed by atoms with E-state index >= 15 is 0 Å². The number of unbranched alkanes of at least 4 members (excludes halogenated alkanes) is 1. The molecule has 1 saturated carbocycles. The Labute approximate surface area is 243 Å². The van der Waals surface area contributed by atoms with Crippen molar-refractivity contribution in [3.8, 4) is 11.5 Å². The highest BCUT2D eigenvalue weighted by molar-refractivity contribution is 5.97. The summed E-state index contributed by atoms with van der Waals surface area (Å²) in [6, 6.07) is 10.8. The molecule has 1 aliphatic carbocycles. The molecule has 1 heterocycles. The maximum atomic E-state index is 13.4. The van der Waals surface area contributed by atoms with Crippen molar-refractivity contribution in [2.75, 3.05) is 60.0 Å². The number of hydrogen-bond acceptors (Lipinski definition) is 6. The molecule has 4 rings (SSSR count). The van der Waals surface area contributed by atoms with Gasteiger partial charge in [-0.3, -0.25) is 9.59 Å². The summed E-state index contributed by atoms with van der Waals surface area (Å²) in [6.07, 6.45) is 3.35. The summed E-state index contributed by atoms with van der Waals surface area (Å²) < 4.78 is 24.3. The maximum absolute atomic E-state index is 13.4. The lowest BCUT2D eigenvalue weighted by atomic mass is 10.00. The normalized spacial score (nSPS) is 21.3. The van der Waals surface area contributed by atoms with Gasteiger partial charge in [0.05, 0.1) is 14.2 Å².